The molecule has 1 aliphatic carbocycles. The number of anilines is 1. The monoisotopic (exact) mass is 258 g/mol. The molecule has 1 amide bonds. The molecule has 1 aromatic rings. The van der Waals surface area contributed by atoms with Crippen molar-refractivity contribution < 1.29 is 9.53 Å². The molecular formula is C15H18N2O2. The summed E-state index contributed by atoms with van der Waals surface area (Å²) in [7, 11) is 1.71. The van der Waals surface area contributed by atoms with E-state index in [9.17, 15) is 4.79 Å². The molecule has 1 saturated carbocycles. The Hall–Kier alpha value is -2.02. The number of rotatable bonds is 4. The van der Waals surface area contributed by atoms with Crippen LogP contribution in [0.5, 0.6) is 5.75 Å². The second-order valence-corrected chi connectivity index (χ2v) is 5.22. The van der Waals surface area contributed by atoms with Gasteiger partial charge in [0.05, 0.1) is 12.2 Å². The van der Waals surface area contributed by atoms with E-state index in [0.717, 1.165) is 11.4 Å². The number of benzene rings is 1. The third-order valence-electron chi connectivity index (χ3n) is 3.27. The topological polar surface area (TPSA) is 53.3 Å². The van der Waals surface area contributed by atoms with E-state index in [0.29, 0.717) is 12.8 Å². The summed E-state index contributed by atoms with van der Waals surface area (Å²) in [6, 6.07) is 9.47. The van der Waals surface area contributed by atoms with E-state index in [-0.39, 0.29) is 12.0 Å². The second-order valence-electron chi connectivity index (χ2n) is 5.22. The minimum Gasteiger partial charge on any atom is -0.491 e. The number of hydrogen-bond donors (Lipinski definition) is 0. The quantitative estimate of drug-likeness (QED) is 0.834. The van der Waals surface area contributed by atoms with Crippen LogP contribution in [0.3, 0.4) is 0 Å². The highest BCUT2D eigenvalue weighted by Gasteiger charge is 2.52. The SMILES string of the molecule is CC(C)Oc1ccc(N(C)C(=O)C2(C#N)CC2)cc1. The number of amides is 1. The first-order valence-corrected chi connectivity index (χ1v) is 6.45. The van der Waals surface area contributed by atoms with Crippen LogP contribution >= 0.6 is 0 Å². The fourth-order valence-corrected chi connectivity index (χ4v) is 1.96. The molecule has 0 atom stereocenters. The van der Waals surface area contributed by atoms with E-state index in [4.69, 9.17) is 10.00 Å². The van der Waals surface area contributed by atoms with E-state index in [1.807, 2.05) is 38.1 Å². The van der Waals surface area contributed by atoms with Gasteiger partial charge in [0.25, 0.3) is 0 Å². The fraction of sp³-hybridized carbons (Fsp3) is 0.467. The zero-order chi connectivity index (χ0) is 14.0. The van der Waals surface area contributed by atoms with Crippen LogP contribution in [0.2, 0.25) is 0 Å². The summed E-state index contributed by atoms with van der Waals surface area (Å²) < 4.78 is 5.55. The van der Waals surface area contributed by atoms with Crippen LogP contribution in [-0.4, -0.2) is 19.1 Å². The van der Waals surface area contributed by atoms with Gasteiger partial charge >= 0.3 is 0 Å². The predicted octanol–water partition coefficient (Wildman–Crippen LogP) is 2.74. The maximum Gasteiger partial charge on any atom is 0.247 e. The lowest BCUT2D eigenvalue weighted by atomic mass is 10.1. The van der Waals surface area contributed by atoms with E-state index in [2.05, 4.69) is 6.07 Å². The summed E-state index contributed by atoms with van der Waals surface area (Å²) in [6.07, 6.45) is 1.46. The number of nitrogens with zero attached hydrogens (tertiary/aromatic N) is 2. The Kier molecular flexibility index (Phi) is 3.48. The van der Waals surface area contributed by atoms with Gasteiger partial charge < -0.3 is 9.64 Å². The third kappa shape index (κ3) is 2.70. The molecule has 0 bridgehead atoms. The van der Waals surface area contributed by atoms with Crippen LogP contribution in [0, 0.1) is 16.7 Å². The first-order chi connectivity index (χ1) is 8.98. The lowest BCUT2D eigenvalue weighted by Gasteiger charge is -2.20. The highest BCUT2D eigenvalue weighted by atomic mass is 16.5. The molecule has 100 valence electrons. The number of ether oxygens (including phenoxy) is 1. The van der Waals surface area contributed by atoms with Crippen molar-refractivity contribution in [3.63, 3.8) is 0 Å². The van der Waals surface area contributed by atoms with Crippen molar-refractivity contribution in [3.05, 3.63) is 24.3 Å². The largest absolute Gasteiger partial charge is 0.491 e. The van der Waals surface area contributed by atoms with Gasteiger partial charge in [0.15, 0.2) is 0 Å². The van der Waals surface area contributed by atoms with Crippen LogP contribution in [0.15, 0.2) is 24.3 Å². The van der Waals surface area contributed by atoms with Crippen LogP contribution in [0.1, 0.15) is 26.7 Å². The summed E-state index contributed by atoms with van der Waals surface area (Å²) in [5.41, 5.74) is 0.00428. The Morgan fingerprint density at radius 2 is 1.95 bits per heavy atom. The van der Waals surface area contributed by atoms with Crippen molar-refractivity contribution >= 4 is 11.6 Å². The molecule has 0 saturated heterocycles. The molecule has 1 aromatic carbocycles. The van der Waals surface area contributed by atoms with Gasteiger partial charge in [-0.05, 0) is 51.0 Å². The number of carbonyl (C=O) groups excluding carboxylic acids is 1. The first-order valence-electron chi connectivity index (χ1n) is 6.45. The van der Waals surface area contributed by atoms with Crippen LogP contribution < -0.4 is 9.64 Å². The highest BCUT2D eigenvalue weighted by molar-refractivity contribution is 6.00. The van der Waals surface area contributed by atoms with Gasteiger partial charge in [-0.2, -0.15) is 5.26 Å². The fourth-order valence-electron chi connectivity index (χ4n) is 1.96. The second kappa shape index (κ2) is 4.93. The summed E-state index contributed by atoms with van der Waals surface area (Å²) >= 11 is 0. The van der Waals surface area contributed by atoms with Crippen molar-refractivity contribution in [2.45, 2.75) is 32.8 Å². The van der Waals surface area contributed by atoms with Gasteiger partial charge in [0.2, 0.25) is 5.91 Å². The normalized spacial score (nSPS) is 15.7. The van der Waals surface area contributed by atoms with Gasteiger partial charge in [0.1, 0.15) is 11.2 Å². The summed E-state index contributed by atoms with van der Waals surface area (Å²) in [5.74, 6) is 0.661. The molecule has 1 aliphatic rings. The molecule has 2 rings (SSSR count). The molecule has 0 heterocycles. The first kappa shape index (κ1) is 13.4. The summed E-state index contributed by atoms with van der Waals surface area (Å²) in [5, 5.41) is 9.05. The van der Waals surface area contributed by atoms with E-state index in [1.165, 1.54) is 0 Å². The lowest BCUT2D eigenvalue weighted by molar-refractivity contribution is -0.121. The van der Waals surface area contributed by atoms with Gasteiger partial charge in [0, 0.05) is 12.7 Å². The van der Waals surface area contributed by atoms with Crippen LogP contribution in [0.4, 0.5) is 5.69 Å². The zero-order valence-corrected chi connectivity index (χ0v) is 11.5. The smallest absolute Gasteiger partial charge is 0.247 e. The van der Waals surface area contributed by atoms with Gasteiger partial charge in [-0.15, -0.1) is 0 Å². The minimum atomic E-state index is -0.776. The molecule has 1 fully saturated rings. The average Bonchev–Trinajstić information content (AvgIpc) is 3.18. The Morgan fingerprint density at radius 1 is 1.37 bits per heavy atom. The van der Waals surface area contributed by atoms with Gasteiger partial charge in [-0.3, -0.25) is 4.79 Å². The Balaban J connectivity index is 2.10. The molecule has 0 aliphatic heterocycles. The lowest BCUT2D eigenvalue weighted by Crippen LogP contribution is -2.33. The van der Waals surface area contributed by atoms with Crippen molar-refractivity contribution in [3.8, 4) is 11.8 Å². The molecule has 4 nitrogen and oxygen atoms in total. The molecule has 0 unspecified atom stereocenters. The van der Waals surface area contributed by atoms with Crippen LogP contribution in [0.25, 0.3) is 0 Å². The molecule has 0 spiro atoms. The Labute approximate surface area is 113 Å². The Bertz CT molecular complexity index is 510. The number of carbonyl (C=O) groups is 1. The van der Waals surface area contributed by atoms with Gasteiger partial charge in [-0.1, -0.05) is 0 Å². The average molecular weight is 258 g/mol. The third-order valence-corrected chi connectivity index (χ3v) is 3.27. The molecule has 19 heavy (non-hydrogen) atoms. The molecule has 0 N–H and O–H groups in total. The standard InChI is InChI=1S/C15H18N2O2/c1-11(2)19-13-6-4-12(5-7-13)17(3)14(18)15(10-16)8-9-15/h4-7,11H,8-9H2,1-3H3. The minimum absolute atomic E-state index is 0.118. The maximum atomic E-state index is 12.2. The van der Waals surface area contributed by atoms with Crippen molar-refractivity contribution in [1.82, 2.24) is 0 Å². The summed E-state index contributed by atoms with van der Waals surface area (Å²) in [6.45, 7) is 3.93. The van der Waals surface area contributed by atoms with Crippen molar-refractivity contribution in [2.75, 3.05) is 11.9 Å². The van der Waals surface area contributed by atoms with E-state index < -0.39 is 5.41 Å². The molecular weight excluding hydrogens is 240 g/mol. The molecule has 4 heteroatoms. The van der Waals surface area contributed by atoms with Crippen LogP contribution in [-0.2, 0) is 4.79 Å². The van der Waals surface area contributed by atoms with E-state index >= 15 is 0 Å². The van der Waals surface area contributed by atoms with Crippen molar-refractivity contribution in [1.29, 1.82) is 5.26 Å². The Morgan fingerprint density at radius 3 is 2.37 bits per heavy atom. The highest BCUT2D eigenvalue weighted by Crippen LogP contribution is 2.46. The molecule has 0 aromatic heterocycles. The summed E-state index contributed by atoms with van der Waals surface area (Å²) in [4.78, 5) is 13.7. The van der Waals surface area contributed by atoms with Crippen molar-refractivity contribution in [2.24, 2.45) is 5.41 Å². The van der Waals surface area contributed by atoms with E-state index in [1.54, 1.807) is 11.9 Å². The predicted molar refractivity (Wildman–Crippen MR) is 72.9 cm³/mol. The maximum absolute atomic E-state index is 12.2. The van der Waals surface area contributed by atoms with Gasteiger partial charge in [-0.25, -0.2) is 0 Å². The number of hydrogen-bond acceptors (Lipinski definition) is 3. The zero-order valence-electron chi connectivity index (χ0n) is 11.5. The number of nitriles is 1. The molecule has 0 radical (unpaired) electrons.